The summed E-state index contributed by atoms with van der Waals surface area (Å²) in [4.78, 5) is 12.3. The first-order valence-corrected chi connectivity index (χ1v) is 11.0. The highest BCUT2D eigenvalue weighted by atomic mass is 16.5. The van der Waals surface area contributed by atoms with Gasteiger partial charge in [0.15, 0.2) is 6.61 Å². The predicted octanol–water partition coefficient (Wildman–Crippen LogP) is 5.81. The number of phenolic OH excluding ortho intramolecular Hbond substituents is 1. The summed E-state index contributed by atoms with van der Waals surface area (Å²) >= 11 is 0. The molecule has 2 N–H and O–H groups in total. The lowest BCUT2D eigenvalue weighted by Gasteiger charge is -2.27. The normalized spacial score (nSPS) is 12.8. The summed E-state index contributed by atoms with van der Waals surface area (Å²) in [6.45, 7) is 18.6. The van der Waals surface area contributed by atoms with Gasteiger partial charge in [-0.1, -0.05) is 80.5 Å². The van der Waals surface area contributed by atoms with Crippen LogP contribution in [-0.4, -0.2) is 23.8 Å². The quantitative estimate of drug-likeness (QED) is 0.457. The second-order valence-electron chi connectivity index (χ2n) is 11.3. The molecule has 2 aromatic carbocycles. The Bertz CT molecular complexity index is 952. The molecule has 5 nitrogen and oxygen atoms in total. The molecule has 0 aromatic heterocycles. The van der Waals surface area contributed by atoms with Crippen molar-refractivity contribution < 1.29 is 14.6 Å². The summed E-state index contributed by atoms with van der Waals surface area (Å²) in [5.41, 5.74) is 5.55. The number of aromatic hydroxyl groups is 1. The van der Waals surface area contributed by atoms with Crippen molar-refractivity contribution in [1.82, 2.24) is 5.43 Å². The van der Waals surface area contributed by atoms with Crippen LogP contribution in [0.15, 0.2) is 41.5 Å². The molecule has 5 heteroatoms. The first-order valence-electron chi connectivity index (χ1n) is 11.0. The highest BCUT2D eigenvalue weighted by molar-refractivity contribution is 5.84. The Morgan fingerprint density at radius 3 is 1.91 bits per heavy atom. The molecule has 2 rings (SSSR count). The molecule has 0 bridgehead atoms. The zero-order valence-electron chi connectivity index (χ0n) is 21.0. The van der Waals surface area contributed by atoms with E-state index in [1.165, 1.54) is 0 Å². The molecule has 0 atom stereocenters. The number of hydrogen-bond donors (Lipinski definition) is 2. The van der Waals surface area contributed by atoms with Gasteiger partial charge in [-0.2, -0.15) is 5.10 Å². The molecule has 0 radical (unpaired) electrons. The number of amides is 1. The number of carbonyl (C=O) groups is 1. The number of hydrogen-bond acceptors (Lipinski definition) is 4. The van der Waals surface area contributed by atoms with Crippen LogP contribution >= 0.6 is 0 Å². The Morgan fingerprint density at radius 2 is 1.41 bits per heavy atom. The van der Waals surface area contributed by atoms with Crippen molar-refractivity contribution in [2.45, 2.75) is 78.6 Å². The van der Waals surface area contributed by atoms with Gasteiger partial charge in [0, 0.05) is 11.1 Å². The molecular weight excluding hydrogens is 400 g/mol. The fourth-order valence-electron chi connectivity index (χ4n) is 3.44. The summed E-state index contributed by atoms with van der Waals surface area (Å²) in [5.74, 6) is 0.676. The zero-order valence-corrected chi connectivity index (χ0v) is 21.0. The largest absolute Gasteiger partial charge is 0.507 e. The maximum Gasteiger partial charge on any atom is 0.277 e. The highest BCUT2D eigenvalue weighted by Crippen LogP contribution is 2.39. The van der Waals surface area contributed by atoms with E-state index < -0.39 is 0 Å². The number of hydrazone groups is 1. The third-order valence-corrected chi connectivity index (χ3v) is 5.20. The Labute approximate surface area is 192 Å². The number of ether oxygens (including phenoxy) is 1. The van der Waals surface area contributed by atoms with Crippen LogP contribution in [0.4, 0.5) is 0 Å². The van der Waals surface area contributed by atoms with Crippen molar-refractivity contribution in [1.29, 1.82) is 0 Å². The molecule has 0 saturated heterocycles. The Morgan fingerprint density at radius 1 is 0.906 bits per heavy atom. The SMILES string of the molecule is CC(C)(C)c1ccccc1OCC(=O)NN=Cc1cc(C(C)(C)C)c(O)c(C(C)(C)C)c1. The summed E-state index contributed by atoms with van der Waals surface area (Å²) < 4.78 is 5.75. The van der Waals surface area contributed by atoms with Gasteiger partial charge in [-0.15, -0.1) is 0 Å². The third kappa shape index (κ3) is 6.59. The van der Waals surface area contributed by atoms with Crippen LogP contribution in [-0.2, 0) is 21.0 Å². The van der Waals surface area contributed by atoms with Gasteiger partial charge < -0.3 is 9.84 Å². The maximum absolute atomic E-state index is 12.3. The Balaban J connectivity index is 2.14. The van der Waals surface area contributed by atoms with E-state index >= 15 is 0 Å². The summed E-state index contributed by atoms with van der Waals surface area (Å²) in [6.07, 6.45) is 1.60. The molecule has 174 valence electrons. The molecule has 0 heterocycles. The first kappa shape index (κ1) is 25.4. The van der Waals surface area contributed by atoms with Crippen molar-refractivity contribution in [2.75, 3.05) is 6.61 Å². The van der Waals surface area contributed by atoms with E-state index in [1.807, 2.05) is 36.4 Å². The number of carbonyl (C=O) groups excluding carboxylic acids is 1. The fourth-order valence-corrected chi connectivity index (χ4v) is 3.44. The number of rotatable bonds is 5. The average Bonchev–Trinajstić information content (AvgIpc) is 2.65. The molecule has 0 aliphatic heterocycles. The average molecular weight is 439 g/mol. The lowest BCUT2D eigenvalue weighted by Crippen LogP contribution is -2.25. The number of para-hydroxylation sites is 1. The van der Waals surface area contributed by atoms with Crippen LogP contribution in [0.5, 0.6) is 11.5 Å². The second kappa shape index (κ2) is 9.35. The minimum Gasteiger partial charge on any atom is -0.507 e. The highest BCUT2D eigenvalue weighted by Gasteiger charge is 2.26. The van der Waals surface area contributed by atoms with Gasteiger partial charge in [0.2, 0.25) is 0 Å². The maximum atomic E-state index is 12.3. The van der Waals surface area contributed by atoms with Crippen molar-refractivity contribution in [3.8, 4) is 11.5 Å². The van der Waals surface area contributed by atoms with Crippen LogP contribution in [0.2, 0.25) is 0 Å². The standard InChI is InChI=1S/C27H38N2O3/c1-25(2,3)19-12-10-11-13-22(19)32-17-23(30)29-28-16-18-14-20(26(4,5)6)24(31)21(15-18)27(7,8)9/h10-16,31H,17H2,1-9H3,(H,29,30). The van der Waals surface area contributed by atoms with E-state index in [1.54, 1.807) is 6.21 Å². The smallest absolute Gasteiger partial charge is 0.277 e. The molecule has 2 aromatic rings. The van der Waals surface area contributed by atoms with E-state index in [4.69, 9.17) is 4.74 Å². The lowest BCUT2D eigenvalue weighted by molar-refractivity contribution is -0.123. The molecular formula is C27H38N2O3. The molecule has 0 fully saturated rings. The number of nitrogens with one attached hydrogen (secondary N) is 1. The van der Waals surface area contributed by atoms with Gasteiger partial charge in [0.1, 0.15) is 11.5 Å². The Hall–Kier alpha value is -2.82. The second-order valence-corrected chi connectivity index (χ2v) is 11.3. The molecule has 0 aliphatic carbocycles. The van der Waals surface area contributed by atoms with Gasteiger partial charge in [0.25, 0.3) is 5.91 Å². The van der Waals surface area contributed by atoms with E-state index in [-0.39, 0.29) is 28.8 Å². The first-order chi connectivity index (χ1) is 14.6. The third-order valence-electron chi connectivity index (χ3n) is 5.20. The van der Waals surface area contributed by atoms with E-state index in [2.05, 4.69) is 72.8 Å². The van der Waals surface area contributed by atoms with Crippen LogP contribution in [0.25, 0.3) is 0 Å². The molecule has 32 heavy (non-hydrogen) atoms. The van der Waals surface area contributed by atoms with Crippen molar-refractivity contribution >= 4 is 12.1 Å². The van der Waals surface area contributed by atoms with Crippen LogP contribution in [0.3, 0.4) is 0 Å². The van der Waals surface area contributed by atoms with Crippen molar-refractivity contribution in [3.05, 3.63) is 58.7 Å². The van der Waals surface area contributed by atoms with E-state index in [0.717, 1.165) is 22.3 Å². The molecule has 0 unspecified atom stereocenters. The summed E-state index contributed by atoms with van der Waals surface area (Å²) in [7, 11) is 0. The van der Waals surface area contributed by atoms with Gasteiger partial charge in [-0.05, 0) is 45.6 Å². The number of nitrogens with zero attached hydrogens (tertiary/aromatic N) is 1. The van der Waals surface area contributed by atoms with E-state index in [0.29, 0.717) is 11.5 Å². The Kier molecular flexibility index (Phi) is 7.44. The van der Waals surface area contributed by atoms with Crippen LogP contribution < -0.4 is 10.2 Å². The molecule has 0 spiro atoms. The molecule has 0 saturated carbocycles. The van der Waals surface area contributed by atoms with Gasteiger partial charge in [-0.3, -0.25) is 4.79 Å². The molecule has 1 amide bonds. The number of phenols is 1. The summed E-state index contributed by atoms with van der Waals surface area (Å²) in [5, 5.41) is 14.9. The zero-order chi connectivity index (χ0) is 24.3. The minimum absolute atomic E-state index is 0.0837. The van der Waals surface area contributed by atoms with Gasteiger partial charge in [0.05, 0.1) is 6.21 Å². The fraction of sp³-hybridized carbons (Fsp3) is 0.481. The number of benzene rings is 2. The predicted molar refractivity (Wildman–Crippen MR) is 132 cm³/mol. The van der Waals surface area contributed by atoms with E-state index in [9.17, 15) is 9.90 Å². The molecule has 0 aliphatic rings. The van der Waals surface area contributed by atoms with Crippen LogP contribution in [0.1, 0.15) is 84.6 Å². The van der Waals surface area contributed by atoms with Crippen molar-refractivity contribution in [2.24, 2.45) is 5.10 Å². The summed E-state index contributed by atoms with van der Waals surface area (Å²) in [6, 6.07) is 11.6. The monoisotopic (exact) mass is 438 g/mol. The van der Waals surface area contributed by atoms with Crippen LogP contribution in [0, 0.1) is 0 Å². The lowest BCUT2D eigenvalue weighted by atomic mass is 9.78. The topological polar surface area (TPSA) is 70.9 Å². The van der Waals surface area contributed by atoms with Gasteiger partial charge in [-0.25, -0.2) is 5.43 Å². The van der Waals surface area contributed by atoms with Crippen molar-refractivity contribution in [3.63, 3.8) is 0 Å². The minimum atomic E-state index is -0.337. The van der Waals surface area contributed by atoms with Gasteiger partial charge >= 0.3 is 0 Å².